The smallest absolute Gasteiger partial charge is 0.257 e. The third kappa shape index (κ3) is 3.93. The zero-order valence-corrected chi connectivity index (χ0v) is 10.1. The van der Waals surface area contributed by atoms with E-state index in [0.717, 1.165) is 5.75 Å². The van der Waals surface area contributed by atoms with E-state index in [2.05, 4.69) is 25.2 Å². The molecule has 3 heteroatoms. The summed E-state index contributed by atoms with van der Waals surface area (Å²) < 4.78 is 5.40. The zero-order valence-electron chi connectivity index (χ0n) is 10.1. The first-order valence-corrected chi connectivity index (χ1v) is 5.63. The quantitative estimate of drug-likeness (QED) is 0.828. The van der Waals surface area contributed by atoms with Gasteiger partial charge in [-0.1, -0.05) is 26.0 Å². The molecule has 0 unspecified atom stereocenters. The van der Waals surface area contributed by atoms with Crippen molar-refractivity contribution in [1.29, 1.82) is 0 Å². The first-order valence-electron chi connectivity index (χ1n) is 5.63. The van der Waals surface area contributed by atoms with Gasteiger partial charge in [0.2, 0.25) is 0 Å². The van der Waals surface area contributed by atoms with Crippen LogP contribution in [0.2, 0.25) is 0 Å². The molecule has 0 spiro atoms. The van der Waals surface area contributed by atoms with Gasteiger partial charge in [-0.3, -0.25) is 4.79 Å². The van der Waals surface area contributed by atoms with Gasteiger partial charge in [0.25, 0.3) is 5.91 Å². The van der Waals surface area contributed by atoms with Crippen LogP contribution in [0.4, 0.5) is 0 Å². The van der Waals surface area contributed by atoms with Gasteiger partial charge in [0.15, 0.2) is 6.61 Å². The number of amides is 1. The largest absolute Gasteiger partial charge is 0.484 e. The number of ether oxygens (including phenoxy) is 1. The van der Waals surface area contributed by atoms with Crippen molar-refractivity contribution in [2.24, 2.45) is 0 Å². The molecule has 16 heavy (non-hydrogen) atoms. The van der Waals surface area contributed by atoms with Gasteiger partial charge in [-0.25, -0.2) is 0 Å². The first kappa shape index (κ1) is 12.6. The van der Waals surface area contributed by atoms with Gasteiger partial charge in [-0.2, -0.15) is 0 Å². The second-order valence-electron chi connectivity index (χ2n) is 3.97. The summed E-state index contributed by atoms with van der Waals surface area (Å²) in [6, 6.07) is 7.85. The van der Waals surface area contributed by atoms with Crippen LogP contribution in [0.1, 0.15) is 32.3 Å². The Kier molecular flexibility index (Phi) is 4.83. The lowest BCUT2D eigenvalue weighted by Crippen LogP contribution is -2.28. The molecule has 0 heterocycles. The minimum atomic E-state index is -0.0857. The molecular weight excluding hydrogens is 202 g/mol. The van der Waals surface area contributed by atoms with Crippen LogP contribution in [0.3, 0.4) is 0 Å². The van der Waals surface area contributed by atoms with Gasteiger partial charge in [-0.05, 0) is 30.5 Å². The molecule has 3 nitrogen and oxygen atoms in total. The highest BCUT2D eigenvalue weighted by Gasteiger charge is 2.03. The van der Waals surface area contributed by atoms with Crippen molar-refractivity contribution in [3.05, 3.63) is 29.8 Å². The molecule has 1 rings (SSSR count). The van der Waals surface area contributed by atoms with Crippen LogP contribution in [0.15, 0.2) is 24.3 Å². The van der Waals surface area contributed by atoms with Gasteiger partial charge in [0.1, 0.15) is 5.75 Å². The van der Waals surface area contributed by atoms with E-state index >= 15 is 0 Å². The van der Waals surface area contributed by atoms with E-state index in [0.29, 0.717) is 12.5 Å². The van der Waals surface area contributed by atoms with E-state index < -0.39 is 0 Å². The number of nitrogens with one attached hydrogen (secondary N) is 1. The highest BCUT2D eigenvalue weighted by atomic mass is 16.5. The van der Waals surface area contributed by atoms with Crippen LogP contribution in [0.5, 0.6) is 5.75 Å². The van der Waals surface area contributed by atoms with E-state index in [1.165, 1.54) is 5.56 Å². The predicted molar refractivity (Wildman–Crippen MR) is 64.7 cm³/mol. The van der Waals surface area contributed by atoms with E-state index in [1.807, 2.05) is 25.1 Å². The number of benzene rings is 1. The molecule has 0 aliphatic rings. The van der Waals surface area contributed by atoms with Crippen LogP contribution in [0, 0.1) is 0 Å². The Morgan fingerprint density at radius 3 is 2.81 bits per heavy atom. The summed E-state index contributed by atoms with van der Waals surface area (Å²) in [5.41, 5.74) is 1.22. The molecule has 1 aromatic carbocycles. The SMILES string of the molecule is CCNC(=O)COc1cccc(C(C)C)c1. The van der Waals surface area contributed by atoms with Crippen LogP contribution < -0.4 is 10.1 Å². The molecule has 1 amide bonds. The highest BCUT2D eigenvalue weighted by Crippen LogP contribution is 2.19. The Labute approximate surface area is 96.8 Å². The van der Waals surface area contributed by atoms with E-state index in [-0.39, 0.29) is 12.5 Å². The van der Waals surface area contributed by atoms with Crippen molar-refractivity contribution in [3.63, 3.8) is 0 Å². The van der Waals surface area contributed by atoms with Gasteiger partial charge < -0.3 is 10.1 Å². The minimum Gasteiger partial charge on any atom is -0.484 e. The molecule has 0 aliphatic heterocycles. The molecule has 0 radical (unpaired) electrons. The summed E-state index contributed by atoms with van der Waals surface area (Å²) in [4.78, 5) is 11.2. The summed E-state index contributed by atoms with van der Waals surface area (Å²) >= 11 is 0. The summed E-state index contributed by atoms with van der Waals surface area (Å²) in [5.74, 6) is 1.13. The normalized spacial score (nSPS) is 10.2. The third-order valence-electron chi connectivity index (χ3n) is 2.27. The number of hydrogen-bond donors (Lipinski definition) is 1. The second-order valence-corrected chi connectivity index (χ2v) is 3.97. The zero-order chi connectivity index (χ0) is 12.0. The Morgan fingerprint density at radius 2 is 2.19 bits per heavy atom. The maximum Gasteiger partial charge on any atom is 0.257 e. The third-order valence-corrected chi connectivity index (χ3v) is 2.27. The molecular formula is C13H19NO2. The number of hydrogen-bond acceptors (Lipinski definition) is 2. The van der Waals surface area contributed by atoms with Crippen molar-refractivity contribution in [1.82, 2.24) is 5.32 Å². The lowest BCUT2D eigenvalue weighted by molar-refractivity contribution is -0.122. The van der Waals surface area contributed by atoms with E-state index in [4.69, 9.17) is 4.74 Å². The summed E-state index contributed by atoms with van der Waals surface area (Å²) in [6.45, 7) is 6.85. The lowest BCUT2D eigenvalue weighted by atomic mass is 10.0. The van der Waals surface area contributed by atoms with Crippen molar-refractivity contribution >= 4 is 5.91 Å². The van der Waals surface area contributed by atoms with Crippen molar-refractivity contribution < 1.29 is 9.53 Å². The molecule has 0 aromatic heterocycles. The van der Waals surface area contributed by atoms with Crippen LogP contribution in [-0.2, 0) is 4.79 Å². The predicted octanol–water partition coefficient (Wildman–Crippen LogP) is 2.32. The molecule has 0 atom stereocenters. The highest BCUT2D eigenvalue weighted by molar-refractivity contribution is 5.77. The Morgan fingerprint density at radius 1 is 1.44 bits per heavy atom. The Balaban J connectivity index is 2.54. The van der Waals surface area contributed by atoms with Crippen LogP contribution in [-0.4, -0.2) is 19.1 Å². The first-order chi connectivity index (χ1) is 7.63. The molecule has 0 aliphatic carbocycles. The average Bonchev–Trinajstić information content (AvgIpc) is 2.27. The number of likely N-dealkylation sites (N-methyl/N-ethyl adjacent to an activating group) is 1. The summed E-state index contributed by atoms with van der Waals surface area (Å²) in [7, 11) is 0. The van der Waals surface area contributed by atoms with Crippen molar-refractivity contribution in [2.75, 3.05) is 13.2 Å². The Hall–Kier alpha value is -1.51. The molecule has 1 aromatic rings. The van der Waals surface area contributed by atoms with Gasteiger partial charge in [-0.15, -0.1) is 0 Å². The van der Waals surface area contributed by atoms with Gasteiger partial charge >= 0.3 is 0 Å². The summed E-state index contributed by atoms with van der Waals surface area (Å²) in [5, 5.41) is 2.69. The Bertz CT molecular complexity index is 348. The molecule has 0 saturated carbocycles. The van der Waals surface area contributed by atoms with Gasteiger partial charge in [0, 0.05) is 6.54 Å². The lowest BCUT2D eigenvalue weighted by Gasteiger charge is -2.09. The monoisotopic (exact) mass is 221 g/mol. The maximum atomic E-state index is 11.2. The van der Waals surface area contributed by atoms with E-state index in [9.17, 15) is 4.79 Å². The van der Waals surface area contributed by atoms with Crippen molar-refractivity contribution in [3.8, 4) is 5.75 Å². The fraction of sp³-hybridized carbons (Fsp3) is 0.462. The summed E-state index contributed by atoms with van der Waals surface area (Å²) in [6.07, 6.45) is 0. The maximum absolute atomic E-state index is 11.2. The van der Waals surface area contributed by atoms with Crippen LogP contribution in [0.25, 0.3) is 0 Å². The molecule has 0 saturated heterocycles. The van der Waals surface area contributed by atoms with Gasteiger partial charge in [0.05, 0.1) is 0 Å². The minimum absolute atomic E-state index is 0.0788. The van der Waals surface area contributed by atoms with Crippen molar-refractivity contribution in [2.45, 2.75) is 26.7 Å². The fourth-order valence-electron chi connectivity index (χ4n) is 1.36. The number of rotatable bonds is 5. The van der Waals surface area contributed by atoms with Crippen LogP contribution >= 0.6 is 0 Å². The fourth-order valence-corrected chi connectivity index (χ4v) is 1.36. The number of carbonyl (C=O) groups is 1. The molecule has 1 N–H and O–H groups in total. The molecule has 88 valence electrons. The molecule has 0 fully saturated rings. The molecule has 0 bridgehead atoms. The standard InChI is InChI=1S/C13H19NO2/c1-4-14-13(15)9-16-12-7-5-6-11(8-12)10(2)3/h5-8,10H,4,9H2,1-3H3,(H,14,15). The van der Waals surface area contributed by atoms with E-state index in [1.54, 1.807) is 0 Å². The topological polar surface area (TPSA) is 38.3 Å². The number of carbonyl (C=O) groups excluding carboxylic acids is 1. The second kappa shape index (κ2) is 6.16. The average molecular weight is 221 g/mol.